The number of anilines is 1. The van der Waals surface area contributed by atoms with Crippen molar-refractivity contribution in [2.24, 2.45) is 5.92 Å². The quantitative estimate of drug-likeness (QED) is 0.376. The average molecular weight is 617 g/mol. The Bertz CT molecular complexity index is 1290. The Morgan fingerprint density at radius 1 is 1.00 bits per heavy atom. The first-order valence-corrected chi connectivity index (χ1v) is 14.3. The molecule has 210 valence electrons. The van der Waals surface area contributed by atoms with Crippen molar-refractivity contribution >= 4 is 62.3 Å². The molecule has 0 bridgehead atoms. The second kappa shape index (κ2) is 12.8. The van der Waals surface area contributed by atoms with Crippen molar-refractivity contribution in [1.29, 1.82) is 0 Å². The van der Waals surface area contributed by atoms with Crippen LogP contribution in [0.15, 0.2) is 36.4 Å². The number of carbonyl (C=O) groups is 2. The summed E-state index contributed by atoms with van der Waals surface area (Å²) in [4.78, 5) is 27.4. The van der Waals surface area contributed by atoms with E-state index in [2.05, 4.69) is 5.32 Å². The predicted octanol–water partition coefficient (Wildman–Crippen LogP) is 5.62. The van der Waals surface area contributed by atoms with Gasteiger partial charge < -0.3 is 10.2 Å². The Balaban J connectivity index is 2.49. The lowest BCUT2D eigenvalue weighted by atomic mass is 10.1. The largest absolute Gasteiger partial charge is 0.417 e. The normalized spacial score (nSPS) is 12.8. The van der Waals surface area contributed by atoms with Gasteiger partial charge in [-0.05, 0) is 48.7 Å². The molecule has 0 heterocycles. The van der Waals surface area contributed by atoms with Crippen LogP contribution in [0.4, 0.5) is 18.9 Å². The highest BCUT2D eigenvalue weighted by Gasteiger charge is 2.35. The van der Waals surface area contributed by atoms with E-state index >= 15 is 0 Å². The van der Waals surface area contributed by atoms with Gasteiger partial charge in [-0.3, -0.25) is 13.9 Å². The highest BCUT2D eigenvalue weighted by Crippen LogP contribution is 2.37. The summed E-state index contributed by atoms with van der Waals surface area (Å²) in [6.07, 6.45) is -4.11. The molecule has 0 saturated heterocycles. The minimum absolute atomic E-state index is 0.120. The standard InChI is InChI=1S/C24H27Cl3F3N3O4S/c1-14(2)11-31-23(35)15(3)32(12-16-5-6-17(25)9-21(16)27)22(34)13-33(38(4,36)37)18-7-8-20(26)19(10-18)24(28,29)30/h5-10,14-15H,11-13H2,1-4H3,(H,31,35). The van der Waals surface area contributed by atoms with Gasteiger partial charge in [0.05, 0.1) is 22.5 Å². The van der Waals surface area contributed by atoms with E-state index in [4.69, 9.17) is 34.8 Å². The van der Waals surface area contributed by atoms with Gasteiger partial charge >= 0.3 is 6.18 Å². The van der Waals surface area contributed by atoms with Crippen LogP contribution < -0.4 is 9.62 Å². The third-order valence-electron chi connectivity index (χ3n) is 5.43. The van der Waals surface area contributed by atoms with E-state index in [0.717, 1.165) is 23.3 Å². The number of hydrogen-bond donors (Lipinski definition) is 1. The molecule has 1 atom stereocenters. The third kappa shape index (κ3) is 8.65. The molecule has 2 aromatic rings. The molecule has 1 unspecified atom stereocenters. The fourth-order valence-electron chi connectivity index (χ4n) is 3.37. The smallest absolute Gasteiger partial charge is 0.354 e. The van der Waals surface area contributed by atoms with Crippen molar-refractivity contribution in [3.8, 4) is 0 Å². The van der Waals surface area contributed by atoms with Gasteiger partial charge in [-0.2, -0.15) is 13.2 Å². The molecule has 0 fully saturated rings. The Labute approximate surface area is 234 Å². The molecule has 0 aliphatic rings. The van der Waals surface area contributed by atoms with Crippen LogP contribution in [-0.2, 0) is 32.3 Å². The Morgan fingerprint density at radius 3 is 2.16 bits per heavy atom. The summed E-state index contributed by atoms with van der Waals surface area (Å²) in [6.45, 7) is 4.46. The van der Waals surface area contributed by atoms with Crippen LogP contribution in [0.3, 0.4) is 0 Å². The monoisotopic (exact) mass is 615 g/mol. The minimum atomic E-state index is -4.86. The number of amides is 2. The minimum Gasteiger partial charge on any atom is -0.354 e. The number of carbonyl (C=O) groups excluding carboxylic acids is 2. The number of halogens is 6. The molecule has 0 aliphatic carbocycles. The molecule has 1 N–H and O–H groups in total. The number of benzene rings is 2. The van der Waals surface area contributed by atoms with E-state index in [-0.39, 0.29) is 17.5 Å². The Hall–Kier alpha value is -2.21. The number of alkyl halides is 3. The molecule has 38 heavy (non-hydrogen) atoms. The van der Waals surface area contributed by atoms with Gasteiger partial charge in [0.2, 0.25) is 21.8 Å². The summed E-state index contributed by atoms with van der Waals surface area (Å²) in [5.74, 6) is -1.24. The third-order valence-corrected chi connectivity index (χ3v) is 7.49. The van der Waals surface area contributed by atoms with Crippen LogP contribution >= 0.6 is 34.8 Å². The van der Waals surface area contributed by atoms with Crippen molar-refractivity contribution in [2.45, 2.75) is 39.5 Å². The van der Waals surface area contributed by atoms with E-state index in [0.29, 0.717) is 27.5 Å². The van der Waals surface area contributed by atoms with E-state index < -0.39 is 56.9 Å². The molecular formula is C24H27Cl3F3N3O4S. The zero-order valence-corrected chi connectivity index (χ0v) is 24.0. The van der Waals surface area contributed by atoms with Crippen molar-refractivity contribution in [3.63, 3.8) is 0 Å². The SMILES string of the molecule is CC(C)CNC(=O)C(C)N(Cc1ccc(Cl)cc1Cl)C(=O)CN(c1ccc(Cl)c(C(F)(F)F)c1)S(C)(=O)=O. The first kappa shape index (κ1) is 32.0. The van der Waals surface area contributed by atoms with E-state index in [1.807, 2.05) is 13.8 Å². The van der Waals surface area contributed by atoms with Crippen molar-refractivity contribution < 1.29 is 31.2 Å². The topological polar surface area (TPSA) is 86.8 Å². The molecule has 14 heteroatoms. The predicted molar refractivity (Wildman–Crippen MR) is 143 cm³/mol. The number of sulfonamides is 1. The van der Waals surface area contributed by atoms with Gasteiger partial charge in [-0.15, -0.1) is 0 Å². The summed E-state index contributed by atoms with van der Waals surface area (Å²) in [7, 11) is -4.24. The first-order chi connectivity index (χ1) is 17.4. The van der Waals surface area contributed by atoms with Gasteiger partial charge in [0, 0.05) is 23.1 Å². The molecule has 0 aliphatic heterocycles. The highest BCUT2D eigenvalue weighted by atomic mass is 35.5. The van der Waals surface area contributed by atoms with Crippen molar-refractivity contribution in [1.82, 2.24) is 10.2 Å². The molecule has 0 saturated carbocycles. The molecule has 0 radical (unpaired) electrons. The summed E-state index contributed by atoms with van der Waals surface area (Å²) in [5, 5.41) is 2.63. The zero-order chi connectivity index (χ0) is 29.0. The average Bonchev–Trinajstić information content (AvgIpc) is 2.79. The lowest BCUT2D eigenvalue weighted by Gasteiger charge is -2.32. The van der Waals surface area contributed by atoms with E-state index in [1.54, 1.807) is 6.07 Å². The summed E-state index contributed by atoms with van der Waals surface area (Å²) >= 11 is 17.9. The molecule has 2 amide bonds. The van der Waals surface area contributed by atoms with Crippen molar-refractivity contribution in [3.05, 3.63) is 62.6 Å². The van der Waals surface area contributed by atoms with Crippen LogP contribution in [0.25, 0.3) is 0 Å². The maximum atomic E-state index is 13.5. The number of hydrogen-bond acceptors (Lipinski definition) is 4. The van der Waals surface area contributed by atoms with Crippen LogP contribution in [0.2, 0.25) is 15.1 Å². The lowest BCUT2D eigenvalue weighted by Crippen LogP contribution is -2.51. The zero-order valence-electron chi connectivity index (χ0n) is 20.9. The van der Waals surface area contributed by atoms with Crippen LogP contribution in [-0.4, -0.2) is 50.5 Å². The van der Waals surface area contributed by atoms with Gasteiger partial charge in [-0.25, -0.2) is 8.42 Å². The maximum absolute atomic E-state index is 13.5. The number of nitrogens with zero attached hydrogens (tertiary/aromatic N) is 2. The summed E-state index contributed by atoms with van der Waals surface area (Å²) < 4.78 is 66.0. The van der Waals surface area contributed by atoms with Gasteiger partial charge in [-0.1, -0.05) is 54.7 Å². The van der Waals surface area contributed by atoms with Gasteiger partial charge in [0.1, 0.15) is 12.6 Å². The van der Waals surface area contributed by atoms with Gasteiger partial charge in [0.25, 0.3) is 0 Å². The Kier molecular flexibility index (Phi) is 10.7. The van der Waals surface area contributed by atoms with E-state index in [9.17, 15) is 31.2 Å². The highest BCUT2D eigenvalue weighted by molar-refractivity contribution is 7.92. The van der Waals surface area contributed by atoms with Crippen molar-refractivity contribution in [2.75, 3.05) is 23.7 Å². The first-order valence-electron chi connectivity index (χ1n) is 11.3. The fourth-order valence-corrected chi connectivity index (χ4v) is 4.90. The molecule has 2 rings (SSSR count). The summed E-state index contributed by atoms with van der Waals surface area (Å²) in [5.41, 5.74) is -1.26. The second-order valence-corrected chi connectivity index (χ2v) is 12.2. The molecule has 0 spiro atoms. The lowest BCUT2D eigenvalue weighted by molar-refractivity contribution is -0.139. The number of rotatable bonds is 10. The molecule has 7 nitrogen and oxygen atoms in total. The van der Waals surface area contributed by atoms with Gasteiger partial charge in [0.15, 0.2) is 0 Å². The fraction of sp³-hybridized carbons (Fsp3) is 0.417. The maximum Gasteiger partial charge on any atom is 0.417 e. The molecule has 2 aromatic carbocycles. The second-order valence-electron chi connectivity index (χ2n) is 9.00. The summed E-state index contributed by atoms with van der Waals surface area (Å²) in [6, 6.07) is 5.96. The van der Waals surface area contributed by atoms with Crippen LogP contribution in [0.5, 0.6) is 0 Å². The van der Waals surface area contributed by atoms with Crippen LogP contribution in [0, 0.1) is 5.92 Å². The number of nitrogens with one attached hydrogen (secondary N) is 1. The van der Waals surface area contributed by atoms with E-state index in [1.165, 1.54) is 19.1 Å². The molecule has 0 aromatic heterocycles. The van der Waals surface area contributed by atoms with Crippen LogP contribution in [0.1, 0.15) is 31.9 Å². The Morgan fingerprint density at radius 2 is 1.63 bits per heavy atom. The molecular weight excluding hydrogens is 590 g/mol.